The molecule has 1 rings (SSSR count). The zero-order valence-electron chi connectivity index (χ0n) is 8.38. The van der Waals surface area contributed by atoms with E-state index in [4.69, 9.17) is 11.6 Å². The summed E-state index contributed by atoms with van der Waals surface area (Å²) in [6.07, 6.45) is 1.11. The summed E-state index contributed by atoms with van der Waals surface area (Å²) in [4.78, 5) is 10.5. The third-order valence-electron chi connectivity index (χ3n) is 2.33. The molecule has 0 fully saturated rings. The highest BCUT2D eigenvalue weighted by Gasteiger charge is 2.02. The Morgan fingerprint density at radius 1 is 1.43 bits per heavy atom. The van der Waals surface area contributed by atoms with Crippen LogP contribution in [0.2, 0.25) is 0 Å². The fourth-order valence-corrected chi connectivity index (χ4v) is 1.35. The van der Waals surface area contributed by atoms with Crippen molar-refractivity contribution in [2.24, 2.45) is 0 Å². The maximum atomic E-state index is 10.5. The minimum Gasteiger partial charge on any atom is -0.312 e. The quantitative estimate of drug-likeness (QED) is 0.595. The van der Waals surface area contributed by atoms with E-state index in [1.807, 2.05) is 24.3 Å². The predicted molar refractivity (Wildman–Crippen MR) is 60.0 cm³/mol. The van der Waals surface area contributed by atoms with Gasteiger partial charge in [-0.05, 0) is 41.6 Å². The van der Waals surface area contributed by atoms with Gasteiger partial charge in [0.05, 0.1) is 0 Å². The van der Waals surface area contributed by atoms with Gasteiger partial charge in [-0.2, -0.15) is 0 Å². The average molecular weight is 212 g/mol. The molecule has 0 aliphatic heterocycles. The van der Waals surface area contributed by atoms with Gasteiger partial charge in [-0.15, -0.1) is 0 Å². The number of hydrogen-bond acceptors (Lipinski definition) is 1. The van der Waals surface area contributed by atoms with Gasteiger partial charge in [-0.3, -0.25) is 4.79 Å². The number of rotatable bonds is 3. The van der Waals surface area contributed by atoms with E-state index in [-0.39, 0.29) is 0 Å². The molecular weight excluding hydrogens is 198 g/mol. The number of anilines is 1. The van der Waals surface area contributed by atoms with E-state index >= 15 is 0 Å². The van der Waals surface area contributed by atoms with Crippen molar-refractivity contribution in [2.45, 2.75) is 26.2 Å². The van der Waals surface area contributed by atoms with Crippen LogP contribution in [0, 0.1) is 0 Å². The highest BCUT2D eigenvalue weighted by atomic mass is 35.5. The van der Waals surface area contributed by atoms with Crippen LogP contribution in [0.15, 0.2) is 24.3 Å². The molecular formula is C11H14ClNO. The van der Waals surface area contributed by atoms with Crippen molar-refractivity contribution in [3.8, 4) is 0 Å². The Morgan fingerprint density at radius 2 is 2.00 bits per heavy atom. The zero-order chi connectivity index (χ0) is 10.6. The summed E-state index contributed by atoms with van der Waals surface area (Å²) >= 11 is 5.19. The number of nitrogens with one attached hydrogen (secondary N) is 1. The second kappa shape index (κ2) is 5.01. The van der Waals surface area contributed by atoms with Crippen LogP contribution in [0.5, 0.6) is 0 Å². The monoisotopic (exact) mass is 211 g/mol. The molecule has 0 saturated carbocycles. The Hall–Kier alpha value is -1.02. The van der Waals surface area contributed by atoms with E-state index < -0.39 is 5.37 Å². The third kappa shape index (κ3) is 3.04. The minimum absolute atomic E-state index is 0.552. The number of halogens is 1. The van der Waals surface area contributed by atoms with Gasteiger partial charge in [0.1, 0.15) is 0 Å². The largest absolute Gasteiger partial charge is 0.318 e. The van der Waals surface area contributed by atoms with Crippen LogP contribution < -0.4 is 5.32 Å². The molecule has 2 nitrogen and oxygen atoms in total. The van der Waals surface area contributed by atoms with Gasteiger partial charge >= 0.3 is 5.37 Å². The van der Waals surface area contributed by atoms with Gasteiger partial charge in [-0.25, -0.2) is 0 Å². The molecule has 1 unspecified atom stereocenters. The first-order valence-corrected chi connectivity index (χ1v) is 5.07. The second-order valence-electron chi connectivity index (χ2n) is 3.33. The molecule has 1 atom stereocenters. The molecule has 1 aromatic rings. The Balaban J connectivity index is 2.73. The summed E-state index contributed by atoms with van der Waals surface area (Å²) in [6.45, 7) is 4.33. The van der Waals surface area contributed by atoms with E-state index in [2.05, 4.69) is 19.2 Å². The Labute approximate surface area is 89.3 Å². The van der Waals surface area contributed by atoms with Crippen molar-refractivity contribution < 1.29 is 4.79 Å². The van der Waals surface area contributed by atoms with Crippen molar-refractivity contribution >= 4 is 22.7 Å². The number of benzene rings is 1. The van der Waals surface area contributed by atoms with Crippen LogP contribution in [0.1, 0.15) is 31.7 Å². The highest BCUT2D eigenvalue weighted by molar-refractivity contribution is 6.65. The van der Waals surface area contributed by atoms with Gasteiger partial charge in [0.2, 0.25) is 0 Å². The molecule has 76 valence electrons. The first-order chi connectivity index (χ1) is 6.63. The lowest BCUT2D eigenvalue weighted by atomic mass is 9.99. The molecule has 1 aromatic carbocycles. The van der Waals surface area contributed by atoms with Crippen molar-refractivity contribution in [3.05, 3.63) is 29.8 Å². The summed E-state index contributed by atoms with van der Waals surface area (Å²) in [5.41, 5.74) is 2.01. The van der Waals surface area contributed by atoms with Crippen LogP contribution in [-0.4, -0.2) is 5.37 Å². The number of hydrogen-bond donors (Lipinski definition) is 1. The van der Waals surface area contributed by atoms with Crippen molar-refractivity contribution in [1.29, 1.82) is 0 Å². The maximum absolute atomic E-state index is 10.5. The molecule has 0 spiro atoms. The van der Waals surface area contributed by atoms with E-state index in [9.17, 15) is 4.79 Å². The predicted octanol–water partition coefficient (Wildman–Crippen LogP) is 3.97. The third-order valence-corrected chi connectivity index (χ3v) is 2.43. The fourth-order valence-electron chi connectivity index (χ4n) is 1.24. The van der Waals surface area contributed by atoms with Gasteiger partial charge in [-0.1, -0.05) is 26.0 Å². The van der Waals surface area contributed by atoms with Crippen molar-refractivity contribution in [1.82, 2.24) is 0 Å². The van der Waals surface area contributed by atoms with E-state index in [0.717, 1.165) is 12.1 Å². The summed E-state index contributed by atoms with van der Waals surface area (Å²) in [7, 11) is 0. The first kappa shape index (κ1) is 11.1. The lowest BCUT2D eigenvalue weighted by molar-refractivity contribution is 0.269. The summed E-state index contributed by atoms with van der Waals surface area (Å²) in [5.74, 6) is 0.552. The summed E-state index contributed by atoms with van der Waals surface area (Å²) < 4.78 is 0. The molecule has 0 saturated heterocycles. The molecule has 0 heterocycles. The molecule has 1 N–H and O–H groups in total. The first-order valence-electron chi connectivity index (χ1n) is 4.70. The SMILES string of the molecule is CCC(C)c1ccc(NC(=O)Cl)cc1. The Kier molecular flexibility index (Phi) is 3.96. The standard InChI is InChI=1S/C11H14ClNO/c1-3-8(2)9-4-6-10(7-5-9)13-11(12)14/h4-8H,3H2,1-2H3,(H,13,14). The van der Waals surface area contributed by atoms with Gasteiger partial charge in [0, 0.05) is 5.69 Å². The van der Waals surface area contributed by atoms with Gasteiger partial charge in [0.25, 0.3) is 0 Å². The number of amides is 1. The topological polar surface area (TPSA) is 29.1 Å². The van der Waals surface area contributed by atoms with Crippen molar-refractivity contribution in [3.63, 3.8) is 0 Å². The fraction of sp³-hybridized carbons (Fsp3) is 0.364. The van der Waals surface area contributed by atoms with E-state index in [1.54, 1.807) is 0 Å². The van der Waals surface area contributed by atoms with Crippen LogP contribution in [0.3, 0.4) is 0 Å². The molecule has 0 bridgehead atoms. The van der Waals surface area contributed by atoms with E-state index in [1.165, 1.54) is 5.56 Å². The molecule has 3 heteroatoms. The lowest BCUT2D eigenvalue weighted by Gasteiger charge is -2.09. The Morgan fingerprint density at radius 3 is 2.43 bits per heavy atom. The normalized spacial score (nSPS) is 12.2. The van der Waals surface area contributed by atoms with E-state index in [0.29, 0.717) is 5.92 Å². The smallest absolute Gasteiger partial charge is 0.312 e. The average Bonchev–Trinajstić information content (AvgIpc) is 2.17. The Bertz CT molecular complexity index is 308. The molecule has 0 aliphatic rings. The maximum Gasteiger partial charge on any atom is 0.318 e. The highest BCUT2D eigenvalue weighted by Crippen LogP contribution is 2.20. The molecule has 14 heavy (non-hydrogen) atoms. The lowest BCUT2D eigenvalue weighted by Crippen LogP contribution is -2.01. The number of carbonyl (C=O) groups is 1. The summed E-state index contributed by atoms with van der Waals surface area (Å²) in [5, 5.41) is 1.96. The molecule has 0 radical (unpaired) electrons. The molecule has 0 aliphatic carbocycles. The minimum atomic E-state index is -0.554. The van der Waals surface area contributed by atoms with Gasteiger partial charge < -0.3 is 5.32 Å². The van der Waals surface area contributed by atoms with Crippen LogP contribution >= 0.6 is 11.6 Å². The van der Waals surface area contributed by atoms with Crippen LogP contribution in [-0.2, 0) is 0 Å². The second-order valence-corrected chi connectivity index (χ2v) is 3.67. The van der Waals surface area contributed by atoms with Crippen LogP contribution in [0.25, 0.3) is 0 Å². The van der Waals surface area contributed by atoms with Crippen molar-refractivity contribution in [2.75, 3.05) is 5.32 Å². The summed E-state index contributed by atoms with van der Waals surface area (Å²) in [6, 6.07) is 7.75. The number of carbonyl (C=O) groups excluding carboxylic acids is 1. The molecule has 0 aromatic heterocycles. The molecule has 1 amide bonds. The zero-order valence-corrected chi connectivity index (χ0v) is 9.14. The van der Waals surface area contributed by atoms with Crippen LogP contribution in [0.4, 0.5) is 10.5 Å². The van der Waals surface area contributed by atoms with Gasteiger partial charge in [0.15, 0.2) is 0 Å².